The van der Waals surface area contributed by atoms with Crippen molar-refractivity contribution in [2.24, 2.45) is 0 Å². The molecule has 0 spiro atoms. The molecular formula is C19H24ClN3O. The molecule has 1 amide bonds. The first-order valence-electron chi connectivity index (χ1n) is 8.11. The summed E-state index contributed by atoms with van der Waals surface area (Å²) >= 11 is 5.96. The number of aromatic nitrogens is 1. The molecule has 1 atom stereocenters. The number of hydrogen-bond acceptors (Lipinski definition) is 3. The maximum Gasteiger partial charge on any atom is 0.220 e. The van der Waals surface area contributed by atoms with Crippen LogP contribution in [0.1, 0.15) is 23.6 Å². The molecule has 1 N–H and O–H groups in total. The summed E-state index contributed by atoms with van der Waals surface area (Å²) in [7, 11) is 4.07. The number of carbonyl (C=O) groups is 1. The van der Waals surface area contributed by atoms with Gasteiger partial charge in [0.15, 0.2) is 0 Å². The third kappa shape index (κ3) is 6.30. The van der Waals surface area contributed by atoms with Crippen molar-refractivity contribution in [3.63, 3.8) is 0 Å². The van der Waals surface area contributed by atoms with E-state index in [4.69, 9.17) is 11.6 Å². The van der Waals surface area contributed by atoms with Crippen LogP contribution in [0.5, 0.6) is 0 Å². The predicted octanol–water partition coefficient (Wildman–Crippen LogP) is 3.13. The van der Waals surface area contributed by atoms with Gasteiger partial charge >= 0.3 is 0 Å². The van der Waals surface area contributed by atoms with E-state index in [9.17, 15) is 4.79 Å². The van der Waals surface area contributed by atoms with Crippen LogP contribution in [0.2, 0.25) is 5.02 Å². The highest BCUT2D eigenvalue weighted by molar-refractivity contribution is 6.30. The monoisotopic (exact) mass is 345 g/mol. The second-order valence-electron chi connectivity index (χ2n) is 6.14. The van der Waals surface area contributed by atoms with Gasteiger partial charge in [-0.2, -0.15) is 0 Å². The van der Waals surface area contributed by atoms with Crippen LogP contribution < -0.4 is 5.32 Å². The second-order valence-corrected chi connectivity index (χ2v) is 6.57. The van der Waals surface area contributed by atoms with Crippen molar-refractivity contribution >= 4 is 17.5 Å². The lowest BCUT2D eigenvalue weighted by molar-refractivity contribution is -0.121. The van der Waals surface area contributed by atoms with E-state index in [1.54, 1.807) is 6.20 Å². The number of carbonyl (C=O) groups excluding carboxylic acids is 1. The van der Waals surface area contributed by atoms with Crippen molar-refractivity contribution in [3.8, 4) is 0 Å². The van der Waals surface area contributed by atoms with Gasteiger partial charge in [-0.3, -0.25) is 9.78 Å². The maximum absolute atomic E-state index is 12.1. The average molecular weight is 346 g/mol. The minimum atomic E-state index is 0.0540. The standard InChI is InChI=1S/C19H24ClN3O/c1-23(2)14-16(15-6-8-17(20)9-7-15)13-22-19(24)11-10-18-5-3-4-12-21-18/h3-9,12,16H,10-11,13-14H2,1-2H3,(H,22,24). The molecule has 0 aliphatic rings. The van der Waals surface area contributed by atoms with Crippen molar-refractivity contribution in [3.05, 3.63) is 64.9 Å². The van der Waals surface area contributed by atoms with Crippen LogP contribution in [-0.4, -0.2) is 43.0 Å². The molecule has 1 heterocycles. The van der Waals surface area contributed by atoms with E-state index in [-0.39, 0.29) is 11.8 Å². The fourth-order valence-corrected chi connectivity index (χ4v) is 2.70. The van der Waals surface area contributed by atoms with E-state index in [2.05, 4.69) is 15.2 Å². The number of aryl methyl sites for hydroxylation is 1. The Kier molecular flexibility index (Phi) is 7.22. The van der Waals surface area contributed by atoms with E-state index in [0.29, 0.717) is 19.4 Å². The van der Waals surface area contributed by atoms with E-state index in [0.717, 1.165) is 17.3 Å². The molecule has 0 aliphatic heterocycles. The molecule has 0 fully saturated rings. The molecule has 5 heteroatoms. The summed E-state index contributed by atoms with van der Waals surface area (Å²) in [5.74, 6) is 0.287. The third-order valence-electron chi connectivity index (χ3n) is 3.81. The third-order valence-corrected chi connectivity index (χ3v) is 4.06. The van der Waals surface area contributed by atoms with Crippen molar-refractivity contribution in [2.75, 3.05) is 27.2 Å². The Labute approximate surface area is 148 Å². The van der Waals surface area contributed by atoms with E-state index < -0.39 is 0 Å². The number of nitrogens with zero attached hydrogens (tertiary/aromatic N) is 2. The molecule has 0 saturated heterocycles. The van der Waals surface area contributed by atoms with Gasteiger partial charge in [0.25, 0.3) is 0 Å². The zero-order chi connectivity index (χ0) is 17.4. The molecule has 1 unspecified atom stereocenters. The summed E-state index contributed by atoms with van der Waals surface area (Å²) in [6.45, 7) is 1.48. The SMILES string of the molecule is CN(C)CC(CNC(=O)CCc1ccccn1)c1ccc(Cl)cc1. The van der Waals surface area contributed by atoms with Gasteiger partial charge in [0.05, 0.1) is 0 Å². The zero-order valence-corrected chi connectivity index (χ0v) is 15.0. The molecule has 1 aromatic carbocycles. The van der Waals surface area contributed by atoms with Crippen LogP contribution in [-0.2, 0) is 11.2 Å². The van der Waals surface area contributed by atoms with Crippen molar-refractivity contribution < 1.29 is 4.79 Å². The number of pyridine rings is 1. The first-order chi connectivity index (χ1) is 11.5. The number of benzene rings is 1. The highest BCUT2D eigenvalue weighted by Crippen LogP contribution is 2.19. The first kappa shape index (κ1) is 18.4. The molecule has 0 bridgehead atoms. The maximum atomic E-state index is 12.1. The van der Waals surface area contributed by atoms with Crippen LogP contribution in [0.25, 0.3) is 0 Å². The van der Waals surface area contributed by atoms with Gasteiger partial charge < -0.3 is 10.2 Å². The van der Waals surface area contributed by atoms with Gasteiger partial charge in [0.1, 0.15) is 0 Å². The molecule has 1 aromatic heterocycles. The van der Waals surface area contributed by atoms with Crippen LogP contribution in [0.4, 0.5) is 0 Å². The molecule has 4 nitrogen and oxygen atoms in total. The van der Waals surface area contributed by atoms with Crippen LogP contribution in [0.15, 0.2) is 48.7 Å². The molecule has 0 saturated carbocycles. The Morgan fingerprint density at radius 3 is 2.58 bits per heavy atom. The quantitative estimate of drug-likeness (QED) is 0.799. The summed E-state index contributed by atoms with van der Waals surface area (Å²) in [5.41, 5.74) is 2.12. The minimum absolute atomic E-state index is 0.0540. The number of hydrogen-bond donors (Lipinski definition) is 1. The van der Waals surface area contributed by atoms with Crippen LogP contribution >= 0.6 is 11.6 Å². The summed E-state index contributed by atoms with van der Waals surface area (Å²) in [5, 5.41) is 3.77. The van der Waals surface area contributed by atoms with Crippen molar-refractivity contribution in [1.82, 2.24) is 15.2 Å². The number of amides is 1. The number of likely N-dealkylation sites (N-methyl/N-ethyl adjacent to an activating group) is 1. The minimum Gasteiger partial charge on any atom is -0.355 e. The van der Waals surface area contributed by atoms with Gasteiger partial charge in [-0.1, -0.05) is 29.8 Å². The summed E-state index contributed by atoms with van der Waals surface area (Å²) < 4.78 is 0. The van der Waals surface area contributed by atoms with Crippen LogP contribution in [0.3, 0.4) is 0 Å². The fraction of sp³-hybridized carbons (Fsp3) is 0.368. The van der Waals surface area contributed by atoms with Gasteiger partial charge in [-0.15, -0.1) is 0 Å². The van der Waals surface area contributed by atoms with Gasteiger partial charge in [0, 0.05) is 42.3 Å². The second kappa shape index (κ2) is 9.40. The van der Waals surface area contributed by atoms with Crippen LogP contribution in [0, 0.1) is 0 Å². The average Bonchev–Trinajstić information content (AvgIpc) is 2.58. The van der Waals surface area contributed by atoms with Gasteiger partial charge in [-0.25, -0.2) is 0 Å². The summed E-state index contributed by atoms with van der Waals surface area (Å²) in [6.07, 6.45) is 2.86. The lowest BCUT2D eigenvalue weighted by Gasteiger charge is -2.22. The number of nitrogens with one attached hydrogen (secondary N) is 1. The van der Waals surface area contributed by atoms with E-state index >= 15 is 0 Å². The van der Waals surface area contributed by atoms with E-state index in [1.165, 1.54) is 5.56 Å². The summed E-state index contributed by atoms with van der Waals surface area (Å²) in [6, 6.07) is 13.6. The zero-order valence-electron chi connectivity index (χ0n) is 14.2. The summed E-state index contributed by atoms with van der Waals surface area (Å²) in [4.78, 5) is 18.5. The van der Waals surface area contributed by atoms with Crippen molar-refractivity contribution in [2.45, 2.75) is 18.8 Å². The normalized spacial score (nSPS) is 12.2. The topological polar surface area (TPSA) is 45.2 Å². The Hall–Kier alpha value is -1.91. The first-order valence-corrected chi connectivity index (χ1v) is 8.49. The highest BCUT2D eigenvalue weighted by atomic mass is 35.5. The Balaban J connectivity index is 1.87. The molecule has 24 heavy (non-hydrogen) atoms. The molecule has 0 aliphatic carbocycles. The lowest BCUT2D eigenvalue weighted by atomic mass is 9.98. The molecule has 2 rings (SSSR count). The predicted molar refractivity (Wildman–Crippen MR) is 98.3 cm³/mol. The van der Waals surface area contributed by atoms with Gasteiger partial charge in [-0.05, 0) is 50.3 Å². The largest absolute Gasteiger partial charge is 0.355 e. The van der Waals surface area contributed by atoms with Crippen molar-refractivity contribution in [1.29, 1.82) is 0 Å². The molecule has 0 radical (unpaired) electrons. The van der Waals surface area contributed by atoms with Gasteiger partial charge in [0.2, 0.25) is 5.91 Å². The molecule has 2 aromatic rings. The fourth-order valence-electron chi connectivity index (χ4n) is 2.58. The Morgan fingerprint density at radius 1 is 1.21 bits per heavy atom. The number of halogens is 1. The Morgan fingerprint density at radius 2 is 1.96 bits per heavy atom. The van der Waals surface area contributed by atoms with E-state index in [1.807, 2.05) is 56.6 Å². The number of rotatable bonds is 8. The Bertz CT molecular complexity index is 629. The smallest absolute Gasteiger partial charge is 0.220 e. The molecular weight excluding hydrogens is 322 g/mol. The molecule has 128 valence electrons. The highest BCUT2D eigenvalue weighted by Gasteiger charge is 2.14. The lowest BCUT2D eigenvalue weighted by Crippen LogP contribution is -2.33.